The van der Waals surface area contributed by atoms with Crippen molar-refractivity contribution in [2.24, 2.45) is 0 Å². The lowest BCUT2D eigenvalue weighted by molar-refractivity contribution is -0.135. The summed E-state index contributed by atoms with van der Waals surface area (Å²) in [4.78, 5) is 50.9. The number of imide groups is 1. The molecule has 218 valence electrons. The largest absolute Gasteiger partial charge is 0.492 e. The molecule has 3 aromatic heterocycles. The number of aromatic nitrogens is 2. The van der Waals surface area contributed by atoms with Gasteiger partial charge in [0.25, 0.3) is 11.8 Å². The highest BCUT2D eigenvalue weighted by Crippen LogP contribution is 2.42. The molecule has 4 aromatic rings. The van der Waals surface area contributed by atoms with E-state index in [1.54, 1.807) is 14.0 Å². The average molecular weight is 606 g/mol. The quantitative estimate of drug-likeness (QED) is 0.233. The minimum Gasteiger partial charge on any atom is -0.492 e. The third-order valence-corrected chi connectivity index (χ3v) is 8.47. The van der Waals surface area contributed by atoms with E-state index in [2.05, 4.69) is 5.43 Å². The summed E-state index contributed by atoms with van der Waals surface area (Å²) in [6.45, 7) is 9.76. The number of hydrazine groups is 1. The summed E-state index contributed by atoms with van der Waals surface area (Å²) >= 11 is 3.02. The van der Waals surface area contributed by atoms with Crippen LogP contribution in [0.1, 0.15) is 33.3 Å². The lowest BCUT2D eigenvalue weighted by Gasteiger charge is -2.24. The number of hydrogen-bond donors (Lipinski definition) is 1. The Kier molecular flexibility index (Phi) is 8.02. The first-order chi connectivity index (χ1) is 19.9. The van der Waals surface area contributed by atoms with Gasteiger partial charge in [-0.1, -0.05) is 6.07 Å². The van der Waals surface area contributed by atoms with Crippen LogP contribution in [-0.2, 0) is 14.3 Å². The minimum absolute atomic E-state index is 0.315. The number of nitrogens with one attached hydrogen (secondary N) is 1. The standard InChI is InChI=1S/C30H31N5O5S2/c1-17-16-22(36)35(28(17)37)33-26-23-18(2)24(42-27(23)32-25(31-26)21-8-7-15-41-21)19-9-11-20(12-10-19)39-14-13-34(6)29(38)40-30(3,4)5/h7-12,15-16H,13-14H2,1-6H3,(H,31,32,33). The molecule has 0 spiro atoms. The average Bonchev–Trinajstić information content (AvgIpc) is 3.64. The number of hydrogen-bond acceptors (Lipinski definition) is 10. The van der Waals surface area contributed by atoms with Crippen LogP contribution in [0.25, 0.3) is 31.4 Å². The number of thiophene rings is 2. The Bertz CT molecular complexity index is 1690. The molecule has 0 atom stereocenters. The molecule has 1 N–H and O–H groups in total. The number of carbonyl (C=O) groups is 3. The zero-order valence-electron chi connectivity index (χ0n) is 24.2. The number of fused-ring (bicyclic) bond motifs is 1. The van der Waals surface area contributed by atoms with Crippen LogP contribution in [0.4, 0.5) is 10.6 Å². The van der Waals surface area contributed by atoms with Crippen LogP contribution in [0, 0.1) is 6.92 Å². The number of aryl methyl sites for hydroxylation is 1. The summed E-state index contributed by atoms with van der Waals surface area (Å²) in [5, 5.41) is 3.67. The number of anilines is 1. The van der Waals surface area contributed by atoms with Crippen molar-refractivity contribution in [3.63, 3.8) is 0 Å². The van der Waals surface area contributed by atoms with Gasteiger partial charge < -0.3 is 14.4 Å². The van der Waals surface area contributed by atoms with E-state index in [9.17, 15) is 14.4 Å². The number of rotatable bonds is 8. The molecule has 42 heavy (non-hydrogen) atoms. The second-order valence-corrected chi connectivity index (χ2v) is 12.7. The van der Waals surface area contributed by atoms with Crippen molar-refractivity contribution in [3.8, 4) is 26.9 Å². The first-order valence-corrected chi connectivity index (χ1v) is 15.0. The van der Waals surface area contributed by atoms with Crippen molar-refractivity contribution < 1.29 is 23.9 Å². The van der Waals surface area contributed by atoms with Crippen molar-refractivity contribution in [1.82, 2.24) is 19.9 Å². The van der Waals surface area contributed by atoms with Gasteiger partial charge in [0, 0.05) is 23.6 Å². The minimum atomic E-state index is -0.556. The van der Waals surface area contributed by atoms with Crippen LogP contribution in [0.15, 0.2) is 53.4 Å². The number of benzene rings is 1. The van der Waals surface area contributed by atoms with Gasteiger partial charge >= 0.3 is 6.09 Å². The molecule has 0 saturated heterocycles. The van der Waals surface area contributed by atoms with E-state index in [4.69, 9.17) is 19.4 Å². The fourth-order valence-electron chi connectivity index (χ4n) is 4.24. The third kappa shape index (κ3) is 6.14. The van der Waals surface area contributed by atoms with Gasteiger partial charge in [-0.15, -0.1) is 22.7 Å². The van der Waals surface area contributed by atoms with Gasteiger partial charge in [-0.3, -0.25) is 15.0 Å². The molecule has 0 radical (unpaired) electrons. The summed E-state index contributed by atoms with van der Waals surface area (Å²) in [5.74, 6) is 0.721. The Morgan fingerprint density at radius 1 is 1.10 bits per heavy atom. The molecule has 0 aliphatic carbocycles. The number of carbonyl (C=O) groups excluding carboxylic acids is 3. The first-order valence-electron chi connectivity index (χ1n) is 13.3. The number of amides is 3. The van der Waals surface area contributed by atoms with Gasteiger partial charge in [-0.05, 0) is 81.5 Å². The van der Waals surface area contributed by atoms with Gasteiger partial charge in [-0.25, -0.2) is 14.8 Å². The monoisotopic (exact) mass is 605 g/mol. The summed E-state index contributed by atoms with van der Waals surface area (Å²) < 4.78 is 11.2. The molecule has 5 rings (SSSR count). The fourth-order valence-corrected chi connectivity index (χ4v) is 6.09. The molecular weight excluding hydrogens is 574 g/mol. The predicted octanol–water partition coefficient (Wildman–Crippen LogP) is 6.28. The highest BCUT2D eigenvalue weighted by Gasteiger charge is 2.30. The van der Waals surface area contributed by atoms with E-state index >= 15 is 0 Å². The highest BCUT2D eigenvalue weighted by atomic mass is 32.1. The summed E-state index contributed by atoms with van der Waals surface area (Å²) in [5.41, 5.74) is 4.66. The molecule has 1 aliphatic rings. The molecule has 0 fully saturated rings. The lowest BCUT2D eigenvalue weighted by Crippen LogP contribution is -2.36. The molecule has 10 nitrogen and oxygen atoms in total. The van der Waals surface area contributed by atoms with Gasteiger partial charge in [0.05, 0.1) is 16.8 Å². The van der Waals surface area contributed by atoms with Crippen LogP contribution < -0.4 is 10.2 Å². The van der Waals surface area contributed by atoms with Crippen molar-refractivity contribution in [2.75, 3.05) is 25.6 Å². The summed E-state index contributed by atoms with van der Waals surface area (Å²) in [7, 11) is 1.67. The zero-order chi connectivity index (χ0) is 30.2. The Labute approximate surface area is 251 Å². The van der Waals surface area contributed by atoms with Crippen LogP contribution in [0.3, 0.4) is 0 Å². The molecule has 1 aliphatic heterocycles. The van der Waals surface area contributed by atoms with E-state index in [1.807, 2.05) is 69.5 Å². The maximum atomic E-state index is 12.6. The molecule has 4 heterocycles. The number of ether oxygens (including phenoxy) is 2. The molecule has 0 saturated carbocycles. The predicted molar refractivity (Wildman–Crippen MR) is 164 cm³/mol. The van der Waals surface area contributed by atoms with E-state index in [0.717, 1.165) is 36.1 Å². The van der Waals surface area contributed by atoms with Gasteiger partial charge in [0.15, 0.2) is 11.6 Å². The van der Waals surface area contributed by atoms with E-state index in [1.165, 1.54) is 33.6 Å². The molecule has 12 heteroatoms. The molecule has 3 amide bonds. The lowest BCUT2D eigenvalue weighted by atomic mass is 10.1. The fraction of sp³-hybridized carbons (Fsp3) is 0.300. The van der Waals surface area contributed by atoms with Crippen molar-refractivity contribution in [1.29, 1.82) is 0 Å². The molecule has 1 aromatic carbocycles. The van der Waals surface area contributed by atoms with Gasteiger partial charge in [0.2, 0.25) is 0 Å². The van der Waals surface area contributed by atoms with Gasteiger partial charge in [0.1, 0.15) is 22.8 Å². The molecule has 0 unspecified atom stereocenters. The molecule has 0 bridgehead atoms. The Balaban J connectivity index is 1.38. The van der Waals surface area contributed by atoms with Crippen LogP contribution in [-0.4, -0.2) is 63.6 Å². The number of nitrogens with zero attached hydrogens (tertiary/aromatic N) is 4. The summed E-state index contributed by atoms with van der Waals surface area (Å²) in [6.07, 6.45) is 0.907. The SMILES string of the molecule is CC1=CC(=O)N(Nc2nc(-c3cccs3)nc3sc(-c4ccc(OCCN(C)C(=O)OC(C)(C)C)cc4)c(C)c23)C1=O. The Morgan fingerprint density at radius 2 is 1.83 bits per heavy atom. The van der Waals surface area contributed by atoms with E-state index < -0.39 is 23.5 Å². The normalized spacial score (nSPS) is 13.5. The zero-order valence-corrected chi connectivity index (χ0v) is 25.8. The Hall–Kier alpha value is -4.29. The maximum absolute atomic E-state index is 12.6. The van der Waals surface area contributed by atoms with E-state index in [-0.39, 0.29) is 0 Å². The Morgan fingerprint density at radius 3 is 2.45 bits per heavy atom. The third-order valence-electron chi connectivity index (χ3n) is 6.37. The summed E-state index contributed by atoms with van der Waals surface area (Å²) in [6, 6.07) is 11.5. The van der Waals surface area contributed by atoms with Crippen molar-refractivity contribution in [2.45, 2.75) is 40.2 Å². The van der Waals surface area contributed by atoms with Crippen LogP contribution in [0.2, 0.25) is 0 Å². The van der Waals surface area contributed by atoms with Crippen LogP contribution >= 0.6 is 22.7 Å². The number of likely N-dealkylation sites (N-methyl/N-ethyl adjacent to an activating group) is 1. The van der Waals surface area contributed by atoms with Crippen molar-refractivity contribution in [3.05, 3.63) is 59.0 Å². The van der Waals surface area contributed by atoms with Crippen LogP contribution in [0.5, 0.6) is 5.75 Å². The smallest absolute Gasteiger partial charge is 0.410 e. The second kappa shape index (κ2) is 11.5. The van der Waals surface area contributed by atoms with E-state index in [0.29, 0.717) is 36.1 Å². The topological polar surface area (TPSA) is 114 Å². The van der Waals surface area contributed by atoms with Crippen molar-refractivity contribution >= 4 is 56.6 Å². The molecular formula is C30H31N5O5S2. The maximum Gasteiger partial charge on any atom is 0.410 e. The second-order valence-electron chi connectivity index (χ2n) is 10.8. The highest BCUT2D eigenvalue weighted by molar-refractivity contribution is 7.22. The van der Waals surface area contributed by atoms with Gasteiger partial charge in [-0.2, -0.15) is 5.01 Å². The first kappa shape index (κ1) is 29.2.